The summed E-state index contributed by atoms with van der Waals surface area (Å²) in [5.41, 5.74) is 0. The molecule has 0 bridgehead atoms. The Hall–Kier alpha value is -1.10. The molecule has 0 heterocycles. The number of carbonyl (C=O) groups excluding carboxylic acids is 2. The maximum absolute atomic E-state index is 10.9. The lowest BCUT2D eigenvalue weighted by atomic mass is 10.4. The van der Waals surface area contributed by atoms with Crippen LogP contribution in [-0.2, 0) is 4.79 Å². The number of amides is 3. The van der Waals surface area contributed by atoms with Crippen LogP contribution in [0.4, 0.5) is 4.79 Å². The van der Waals surface area contributed by atoms with Gasteiger partial charge in [-0.05, 0) is 20.9 Å². The summed E-state index contributed by atoms with van der Waals surface area (Å²) in [5, 5.41) is 7.33. The highest BCUT2D eigenvalue weighted by Gasteiger charge is 2.06. The van der Waals surface area contributed by atoms with E-state index in [1.165, 1.54) is 0 Å². The molecule has 0 saturated carbocycles. The second-order valence-corrected chi connectivity index (χ2v) is 2.71. The third-order valence-corrected chi connectivity index (χ3v) is 1.01. The van der Waals surface area contributed by atoms with Crippen LogP contribution in [0, 0.1) is 0 Å². The Bertz CT molecular complexity index is 168. The fourth-order valence-electron chi connectivity index (χ4n) is 0.630. The molecule has 5 nitrogen and oxygen atoms in total. The van der Waals surface area contributed by atoms with Crippen molar-refractivity contribution >= 4 is 11.9 Å². The van der Waals surface area contributed by atoms with Gasteiger partial charge in [-0.3, -0.25) is 10.1 Å². The number of hydrogen-bond acceptors (Lipinski definition) is 3. The Balaban J connectivity index is 3.62. The van der Waals surface area contributed by atoms with Gasteiger partial charge in [0.05, 0.1) is 6.54 Å². The summed E-state index contributed by atoms with van der Waals surface area (Å²) in [4.78, 5) is 21.7. The Labute approximate surface area is 71.9 Å². The first-order valence-electron chi connectivity index (χ1n) is 3.81. The van der Waals surface area contributed by atoms with Gasteiger partial charge in [-0.1, -0.05) is 0 Å². The summed E-state index contributed by atoms with van der Waals surface area (Å²) < 4.78 is 0. The summed E-state index contributed by atoms with van der Waals surface area (Å²) in [6.07, 6.45) is 0. The first kappa shape index (κ1) is 10.9. The van der Waals surface area contributed by atoms with Crippen LogP contribution in [0.2, 0.25) is 0 Å². The molecule has 0 fully saturated rings. The van der Waals surface area contributed by atoms with E-state index in [4.69, 9.17) is 0 Å². The fourth-order valence-corrected chi connectivity index (χ4v) is 0.630. The molecular formula is C7H15N3O2. The van der Waals surface area contributed by atoms with Crippen molar-refractivity contribution in [1.29, 1.82) is 0 Å². The Morgan fingerprint density at radius 3 is 2.33 bits per heavy atom. The van der Waals surface area contributed by atoms with Gasteiger partial charge in [0.2, 0.25) is 5.91 Å². The quantitative estimate of drug-likeness (QED) is 0.536. The number of rotatable bonds is 3. The molecule has 0 aromatic rings. The summed E-state index contributed by atoms with van der Waals surface area (Å²) in [5.74, 6) is -0.337. The van der Waals surface area contributed by atoms with Crippen molar-refractivity contribution in [3.05, 3.63) is 0 Å². The minimum atomic E-state index is -0.453. The molecule has 0 radical (unpaired) electrons. The molecule has 0 unspecified atom stereocenters. The zero-order valence-electron chi connectivity index (χ0n) is 7.60. The van der Waals surface area contributed by atoms with Crippen molar-refractivity contribution < 1.29 is 9.59 Å². The van der Waals surface area contributed by atoms with Gasteiger partial charge < -0.3 is 10.6 Å². The summed E-state index contributed by atoms with van der Waals surface area (Å²) in [7, 11) is 1.64. The summed E-state index contributed by atoms with van der Waals surface area (Å²) in [6.45, 7) is 3.79. The van der Waals surface area contributed by atoms with E-state index in [0.717, 1.165) is 0 Å². The number of imide groups is 1. The highest BCUT2D eigenvalue weighted by molar-refractivity contribution is 5.95. The van der Waals surface area contributed by atoms with Gasteiger partial charge in [-0.15, -0.1) is 0 Å². The molecule has 0 atom stereocenters. The number of hydrogen-bond donors (Lipinski definition) is 3. The molecule has 0 aliphatic carbocycles. The van der Waals surface area contributed by atoms with Gasteiger partial charge in [0.25, 0.3) is 0 Å². The van der Waals surface area contributed by atoms with Crippen LogP contribution >= 0.6 is 0 Å². The van der Waals surface area contributed by atoms with Gasteiger partial charge in [0.15, 0.2) is 0 Å². The Morgan fingerprint density at radius 1 is 1.33 bits per heavy atom. The summed E-state index contributed by atoms with van der Waals surface area (Å²) >= 11 is 0. The van der Waals surface area contributed by atoms with E-state index in [0.29, 0.717) is 0 Å². The maximum atomic E-state index is 10.9. The SMILES string of the molecule is CNCC(=O)NC(=O)NC(C)C. The van der Waals surface area contributed by atoms with Crippen molar-refractivity contribution in [2.24, 2.45) is 0 Å². The molecule has 5 heteroatoms. The standard InChI is InChI=1S/C7H15N3O2/c1-5(2)9-7(12)10-6(11)4-8-3/h5,8H,4H2,1-3H3,(H2,9,10,11,12). The second kappa shape index (κ2) is 5.54. The normalized spacial score (nSPS) is 9.67. The number of likely N-dealkylation sites (N-methyl/N-ethyl adjacent to an activating group) is 1. The van der Waals surface area contributed by atoms with Crippen LogP contribution in [0.3, 0.4) is 0 Å². The van der Waals surface area contributed by atoms with Crippen molar-refractivity contribution in [2.75, 3.05) is 13.6 Å². The van der Waals surface area contributed by atoms with Crippen molar-refractivity contribution in [2.45, 2.75) is 19.9 Å². The first-order valence-corrected chi connectivity index (χ1v) is 3.81. The third kappa shape index (κ3) is 5.67. The molecule has 70 valence electrons. The van der Waals surface area contributed by atoms with Crippen LogP contribution in [0.1, 0.15) is 13.8 Å². The van der Waals surface area contributed by atoms with E-state index < -0.39 is 6.03 Å². The van der Waals surface area contributed by atoms with Crippen LogP contribution in [0.25, 0.3) is 0 Å². The van der Waals surface area contributed by atoms with Gasteiger partial charge in [-0.2, -0.15) is 0 Å². The monoisotopic (exact) mass is 173 g/mol. The van der Waals surface area contributed by atoms with Gasteiger partial charge in [0.1, 0.15) is 0 Å². The lowest BCUT2D eigenvalue weighted by Crippen LogP contribution is -2.45. The van der Waals surface area contributed by atoms with Gasteiger partial charge in [0, 0.05) is 6.04 Å². The lowest BCUT2D eigenvalue weighted by Gasteiger charge is -2.08. The molecule has 0 aliphatic rings. The van der Waals surface area contributed by atoms with E-state index in [2.05, 4.69) is 16.0 Å². The topological polar surface area (TPSA) is 70.2 Å². The predicted octanol–water partition coefficient (Wildman–Crippen LogP) is -0.560. The first-order chi connectivity index (χ1) is 5.56. The van der Waals surface area contributed by atoms with Gasteiger partial charge >= 0.3 is 6.03 Å². The van der Waals surface area contributed by atoms with Crippen LogP contribution in [0.15, 0.2) is 0 Å². The molecule has 0 spiro atoms. The molecule has 3 amide bonds. The fraction of sp³-hybridized carbons (Fsp3) is 0.714. The van der Waals surface area contributed by atoms with E-state index in [-0.39, 0.29) is 18.5 Å². The van der Waals surface area contributed by atoms with E-state index in [1.54, 1.807) is 7.05 Å². The zero-order chi connectivity index (χ0) is 9.56. The lowest BCUT2D eigenvalue weighted by molar-refractivity contribution is -0.119. The van der Waals surface area contributed by atoms with Crippen molar-refractivity contribution in [1.82, 2.24) is 16.0 Å². The van der Waals surface area contributed by atoms with E-state index in [1.807, 2.05) is 13.8 Å². The van der Waals surface area contributed by atoms with E-state index in [9.17, 15) is 9.59 Å². The predicted molar refractivity (Wildman–Crippen MR) is 45.7 cm³/mol. The molecule has 0 aromatic carbocycles. The van der Waals surface area contributed by atoms with E-state index >= 15 is 0 Å². The minimum absolute atomic E-state index is 0.0346. The van der Waals surface area contributed by atoms with Crippen LogP contribution < -0.4 is 16.0 Å². The van der Waals surface area contributed by atoms with Crippen molar-refractivity contribution in [3.63, 3.8) is 0 Å². The number of carbonyl (C=O) groups is 2. The molecule has 0 rings (SSSR count). The molecule has 3 N–H and O–H groups in total. The molecule has 0 aromatic heterocycles. The Kier molecular flexibility index (Phi) is 5.03. The molecular weight excluding hydrogens is 158 g/mol. The maximum Gasteiger partial charge on any atom is 0.321 e. The zero-order valence-corrected chi connectivity index (χ0v) is 7.60. The minimum Gasteiger partial charge on any atom is -0.336 e. The van der Waals surface area contributed by atoms with Gasteiger partial charge in [-0.25, -0.2) is 4.79 Å². The molecule has 0 aliphatic heterocycles. The number of nitrogens with one attached hydrogen (secondary N) is 3. The number of urea groups is 1. The molecule has 0 saturated heterocycles. The van der Waals surface area contributed by atoms with Crippen LogP contribution in [0.5, 0.6) is 0 Å². The smallest absolute Gasteiger partial charge is 0.321 e. The average Bonchev–Trinajstić information content (AvgIpc) is 1.84. The highest BCUT2D eigenvalue weighted by atomic mass is 16.2. The highest BCUT2D eigenvalue weighted by Crippen LogP contribution is 1.75. The van der Waals surface area contributed by atoms with Crippen molar-refractivity contribution in [3.8, 4) is 0 Å². The third-order valence-electron chi connectivity index (χ3n) is 1.01. The second-order valence-electron chi connectivity index (χ2n) is 2.71. The summed E-state index contributed by atoms with van der Waals surface area (Å²) in [6, 6.07) is -0.419. The average molecular weight is 173 g/mol. The Morgan fingerprint density at radius 2 is 1.92 bits per heavy atom. The van der Waals surface area contributed by atoms with Crippen LogP contribution in [-0.4, -0.2) is 31.6 Å². The largest absolute Gasteiger partial charge is 0.336 e. The molecule has 12 heavy (non-hydrogen) atoms.